The van der Waals surface area contributed by atoms with Crippen LogP contribution in [-0.2, 0) is 4.79 Å². The van der Waals surface area contributed by atoms with E-state index in [0.717, 1.165) is 30.6 Å². The summed E-state index contributed by atoms with van der Waals surface area (Å²) in [6.45, 7) is 6.06. The van der Waals surface area contributed by atoms with E-state index >= 15 is 0 Å². The number of amides is 1. The van der Waals surface area contributed by atoms with Gasteiger partial charge < -0.3 is 10.2 Å². The van der Waals surface area contributed by atoms with Gasteiger partial charge in [0, 0.05) is 19.6 Å². The number of aromatic nitrogens is 2. The van der Waals surface area contributed by atoms with Crippen molar-refractivity contribution in [3.05, 3.63) is 87.5 Å². The zero-order chi connectivity index (χ0) is 24.4. The van der Waals surface area contributed by atoms with Crippen molar-refractivity contribution in [2.75, 3.05) is 24.5 Å². The van der Waals surface area contributed by atoms with Gasteiger partial charge in [0.05, 0.1) is 17.1 Å². The van der Waals surface area contributed by atoms with Gasteiger partial charge in [-0.3, -0.25) is 9.59 Å². The molecule has 0 bridgehead atoms. The number of benzene rings is 2. The molecule has 0 saturated carbocycles. The summed E-state index contributed by atoms with van der Waals surface area (Å²) in [5.74, 6) is 0.778. The van der Waals surface area contributed by atoms with E-state index in [0.29, 0.717) is 29.3 Å². The molecule has 2 aromatic heterocycles. The van der Waals surface area contributed by atoms with E-state index in [1.807, 2.05) is 60.8 Å². The van der Waals surface area contributed by atoms with Crippen molar-refractivity contribution in [3.8, 4) is 5.69 Å². The molecule has 1 amide bonds. The van der Waals surface area contributed by atoms with Gasteiger partial charge in [0.1, 0.15) is 4.70 Å². The van der Waals surface area contributed by atoms with E-state index in [-0.39, 0.29) is 23.3 Å². The molecule has 0 unspecified atom stereocenters. The molecule has 0 spiro atoms. The fourth-order valence-electron chi connectivity index (χ4n) is 4.71. The highest BCUT2D eigenvalue weighted by Gasteiger charge is 2.29. The molecule has 0 aliphatic carbocycles. The van der Waals surface area contributed by atoms with E-state index in [9.17, 15) is 9.59 Å². The summed E-state index contributed by atoms with van der Waals surface area (Å²) in [7, 11) is 0. The van der Waals surface area contributed by atoms with Crippen LogP contribution in [0.3, 0.4) is 0 Å². The standard InChI is InChI=1S/C28H30N4O2S/c1-19-10-12-23(13-11-19)32-27(34)25-24(14-16-35-25)30-28(32)31-15-6-9-22(18-31)26(33)29-17-20(2)21-7-4-3-5-8-21/h3-5,7-8,10-14,16,20,22H,6,9,15,17-18H2,1-2H3,(H,29,33)/t20-,22+/m1/s1. The predicted molar refractivity (Wildman–Crippen MR) is 143 cm³/mol. The van der Waals surface area contributed by atoms with Crippen molar-refractivity contribution in [2.45, 2.75) is 32.6 Å². The minimum Gasteiger partial charge on any atom is -0.355 e. The first-order valence-electron chi connectivity index (χ1n) is 12.2. The Hall–Kier alpha value is -3.45. The number of nitrogens with one attached hydrogen (secondary N) is 1. The number of piperidine rings is 1. The van der Waals surface area contributed by atoms with Gasteiger partial charge in [-0.25, -0.2) is 9.55 Å². The first-order chi connectivity index (χ1) is 17.0. The van der Waals surface area contributed by atoms with E-state index in [1.54, 1.807) is 4.57 Å². The second-order valence-corrected chi connectivity index (χ2v) is 10.3. The Morgan fingerprint density at radius 3 is 2.69 bits per heavy atom. The third-order valence-electron chi connectivity index (χ3n) is 6.78. The summed E-state index contributed by atoms with van der Waals surface area (Å²) in [4.78, 5) is 33.6. The van der Waals surface area contributed by atoms with Crippen LogP contribution in [0.2, 0.25) is 0 Å². The monoisotopic (exact) mass is 486 g/mol. The SMILES string of the molecule is Cc1ccc(-n2c(N3CCC[C@H](C(=O)NC[C@@H](C)c4ccccc4)C3)nc3ccsc3c2=O)cc1. The second-order valence-electron chi connectivity index (χ2n) is 9.36. The first-order valence-corrected chi connectivity index (χ1v) is 13.0. The largest absolute Gasteiger partial charge is 0.355 e. The Bertz CT molecular complexity index is 1380. The third kappa shape index (κ3) is 4.86. The molecule has 7 heteroatoms. The van der Waals surface area contributed by atoms with E-state index < -0.39 is 0 Å². The number of anilines is 1. The van der Waals surface area contributed by atoms with Gasteiger partial charge in [0.2, 0.25) is 11.9 Å². The average Bonchev–Trinajstić information content (AvgIpc) is 3.37. The van der Waals surface area contributed by atoms with E-state index in [4.69, 9.17) is 4.98 Å². The molecular weight excluding hydrogens is 456 g/mol. The Labute approximate surface area is 209 Å². The third-order valence-corrected chi connectivity index (χ3v) is 7.67. The second kappa shape index (κ2) is 10.0. The van der Waals surface area contributed by atoms with Gasteiger partial charge >= 0.3 is 0 Å². The number of aryl methyl sites for hydroxylation is 1. The van der Waals surface area contributed by atoms with Crippen molar-refractivity contribution in [2.24, 2.45) is 5.92 Å². The number of carbonyl (C=O) groups is 1. The minimum atomic E-state index is -0.145. The Kier molecular flexibility index (Phi) is 6.68. The summed E-state index contributed by atoms with van der Waals surface area (Å²) in [5, 5.41) is 5.06. The molecule has 3 heterocycles. The van der Waals surface area contributed by atoms with E-state index in [2.05, 4.69) is 29.3 Å². The number of rotatable bonds is 6. The van der Waals surface area contributed by atoms with E-state index in [1.165, 1.54) is 16.9 Å². The van der Waals surface area contributed by atoms with Crippen molar-refractivity contribution < 1.29 is 4.79 Å². The molecular formula is C28H30N4O2S. The van der Waals surface area contributed by atoms with Gasteiger partial charge in [0.15, 0.2) is 0 Å². The smallest absolute Gasteiger partial charge is 0.277 e. The molecule has 1 saturated heterocycles. The average molecular weight is 487 g/mol. The number of fused-ring (bicyclic) bond motifs is 1. The maximum atomic E-state index is 13.5. The number of hydrogen-bond acceptors (Lipinski definition) is 5. The van der Waals surface area contributed by atoms with Gasteiger partial charge in [-0.05, 0) is 54.8 Å². The molecule has 1 aliphatic heterocycles. The van der Waals surface area contributed by atoms with Crippen LogP contribution in [0.15, 0.2) is 70.8 Å². The van der Waals surface area contributed by atoms with Crippen LogP contribution in [0.25, 0.3) is 15.9 Å². The zero-order valence-corrected chi connectivity index (χ0v) is 20.9. The lowest BCUT2D eigenvalue weighted by atomic mass is 9.96. The molecule has 1 aliphatic rings. The van der Waals surface area contributed by atoms with Crippen LogP contribution in [0.1, 0.15) is 36.8 Å². The number of carbonyl (C=O) groups excluding carboxylic acids is 1. The predicted octanol–water partition coefficient (Wildman–Crippen LogP) is 4.89. The number of thiophene rings is 1. The van der Waals surface area contributed by atoms with Crippen LogP contribution in [0, 0.1) is 12.8 Å². The van der Waals surface area contributed by atoms with Crippen LogP contribution >= 0.6 is 11.3 Å². The van der Waals surface area contributed by atoms with Crippen molar-refractivity contribution >= 4 is 33.4 Å². The molecule has 35 heavy (non-hydrogen) atoms. The van der Waals surface area contributed by atoms with Crippen LogP contribution in [-0.4, -0.2) is 35.1 Å². The quantitative estimate of drug-likeness (QED) is 0.421. The summed E-state index contributed by atoms with van der Waals surface area (Å²) in [5.41, 5.74) is 3.79. The summed E-state index contributed by atoms with van der Waals surface area (Å²) < 4.78 is 2.35. The lowest BCUT2D eigenvalue weighted by Crippen LogP contribution is -2.45. The topological polar surface area (TPSA) is 67.2 Å². The normalized spacial score (nSPS) is 16.9. The van der Waals surface area contributed by atoms with Crippen molar-refractivity contribution in [3.63, 3.8) is 0 Å². The maximum Gasteiger partial charge on any atom is 0.277 e. The van der Waals surface area contributed by atoms with Gasteiger partial charge in [0.25, 0.3) is 5.56 Å². The van der Waals surface area contributed by atoms with Crippen molar-refractivity contribution in [1.82, 2.24) is 14.9 Å². The van der Waals surface area contributed by atoms with Gasteiger partial charge in [-0.2, -0.15) is 0 Å². The first kappa shape index (κ1) is 23.3. The summed E-state index contributed by atoms with van der Waals surface area (Å²) in [6.07, 6.45) is 1.70. The summed E-state index contributed by atoms with van der Waals surface area (Å²) >= 11 is 1.42. The zero-order valence-electron chi connectivity index (χ0n) is 20.1. The Morgan fingerprint density at radius 2 is 1.91 bits per heavy atom. The van der Waals surface area contributed by atoms with Gasteiger partial charge in [-0.15, -0.1) is 11.3 Å². The minimum absolute atomic E-state index is 0.0629. The summed E-state index contributed by atoms with van der Waals surface area (Å²) in [6, 6.07) is 20.1. The Morgan fingerprint density at radius 1 is 1.14 bits per heavy atom. The van der Waals surface area contributed by atoms with Crippen molar-refractivity contribution in [1.29, 1.82) is 0 Å². The molecule has 6 nitrogen and oxygen atoms in total. The number of nitrogens with zero attached hydrogens (tertiary/aromatic N) is 3. The van der Waals surface area contributed by atoms with Gasteiger partial charge in [-0.1, -0.05) is 55.0 Å². The lowest BCUT2D eigenvalue weighted by molar-refractivity contribution is -0.125. The Balaban J connectivity index is 1.39. The molecule has 1 fully saturated rings. The van der Waals surface area contributed by atoms with Crippen LogP contribution < -0.4 is 15.8 Å². The molecule has 2 atom stereocenters. The molecule has 2 aromatic carbocycles. The molecule has 0 radical (unpaired) electrons. The molecule has 4 aromatic rings. The highest BCUT2D eigenvalue weighted by Crippen LogP contribution is 2.27. The fraction of sp³-hybridized carbons (Fsp3) is 0.321. The lowest BCUT2D eigenvalue weighted by Gasteiger charge is -2.34. The highest BCUT2D eigenvalue weighted by atomic mass is 32.1. The van der Waals surface area contributed by atoms with Crippen LogP contribution in [0.5, 0.6) is 0 Å². The highest BCUT2D eigenvalue weighted by molar-refractivity contribution is 7.17. The van der Waals surface area contributed by atoms with Crippen LogP contribution in [0.4, 0.5) is 5.95 Å². The maximum absolute atomic E-state index is 13.5. The number of hydrogen-bond donors (Lipinski definition) is 1. The molecule has 180 valence electrons. The molecule has 5 rings (SSSR count). The fourth-order valence-corrected chi connectivity index (χ4v) is 5.47. The molecule has 1 N–H and O–H groups in total.